The van der Waals surface area contributed by atoms with Crippen LogP contribution < -0.4 is 5.73 Å². The van der Waals surface area contributed by atoms with Gasteiger partial charge in [-0.15, -0.1) is 0 Å². The number of nitrogens with one attached hydrogen (secondary N) is 1. The minimum atomic E-state index is -4.99. The van der Waals surface area contributed by atoms with Gasteiger partial charge in [0.05, 0.1) is 0 Å². The third-order valence-electron chi connectivity index (χ3n) is 1.49. The summed E-state index contributed by atoms with van der Waals surface area (Å²) in [6.07, 6.45) is 3.55. The van der Waals surface area contributed by atoms with Crippen molar-refractivity contribution in [1.29, 1.82) is 0 Å². The number of rotatable bonds is 5. The van der Waals surface area contributed by atoms with E-state index in [0.29, 0.717) is 6.42 Å². The van der Waals surface area contributed by atoms with E-state index in [9.17, 15) is 3.74 Å². The van der Waals surface area contributed by atoms with Gasteiger partial charge in [0.1, 0.15) is 0 Å². The van der Waals surface area contributed by atoms with Crippen LogP contribution in [0.2, 0.25) is 0 Å². The third-order valence-corrected chi connectivity index (χ3v) is 2.51. The summed E-state index contributed by atoms with van der Waals surface area (Å²) in [6, 6.07) is -0.454. The number of hydrogen-bond acceptors (Lipinski definition) is 4. The number of hydrogen-bond donors (Lipinski definition) is 4. The second-order valence-electron chi connectivity index (χ2n) is 2.83. The van der Waals surface area contributed by atoms with Gasteiger partial charge in [0.2, 0.25) is 0 Å². The number of nitrogens with two attached hydrogens (primary N) is 1. The average Bonchev–Trinajstić information content (AvgIpc) is 2.52. The van der Waals surface area contributed by atoms with Crippen LogP contribution in [0.5, 0.6) is 0 Å². The molecular formula is C6H12AsN3O4. The second-order valence-corrected chi connectivity index (χ2v) is 5.43. The van der Waals surface area contributed by atoms with Crippen LogP contribution in [0.25, 0.3) is 0 Å². The molecule has 8 heteroatoms. The van der Waals surface area contributed by atoms with Crippen LogP contribution in [0.15, 0.2) is 12.5 Å². The summed E-state index contributed by atoms with van der Waals surface area (Å²) in [4.78, 5) is 6.61. The van der Waals surface area contributed by atoms with E-state index in [2.05, 4.69) is 13.7 Å². The van der Waals surface area contributed by atoms with Gasteiger partial charge >= 0.3 is 83.2 Å². The fourth-order valence-corrected chi connectivity index (χ4v) is 1.74. The first kappa shape index (κ1) is 11.5. The van der Waals surface area contributed by atoms with E-state index in [1.807, 2.05) is 0 Å². The molecule has 0 bridgehead atoms. The second kappa shape index (κ2) is 4.77. The molecule has 1 atom stereocenters. The van der Waals surface area contributed by atoms with Gasteiger partial charge in [-0.3, -0.25) is 0 Å². The van der Waals surface area contributed by atoms with Crippen LogP contribution in [0, 0.1) is 0 Å². The molecule has 0 spiro atoms. The molecule has 5 N–H and O–H groups in total. The van der Waals surface area contributed by atoms with Crippen molar-refractivity contribution in [2.75, 3.05) is 6.61 Å². The Morgan fingerprint density at radius 3 is 2.93 bits per heavy atom. The van der Waals surface area contributed by atoms with Crippen LogP contribution in [-0.2, 0) is 13.9 Å². The van der Waals surface area contributed by atoms with E-state index >= 15 is 0 Å². The maximum absolute atomic E-state index is 10.4. The molecule has 0 amide bonds. The standard InChI is InChI=1S/C6H12AsN3O4/c8-5(3-14-7(11,12)13)1-6-2-9-4-10-6/h2,4-5H,1,3,8H2,(H,9,10)(H2,11,12,13)/t5-/m0/s1. The molecule has 0 aliphatic carbocycles. The van der Waals surface area contributed by atoms with E-state index in [-0.39, 0.29) is 6.61 Å². The molecule has 1 heterocycles. The summed E-state index contributed by atoms with van der Waals surface area (Å²) in [7, 11) is 0. The minimum absolute atomic E-state index is 0.164. The Hall–Kier alpha value is -0.592. The Morgan fingerprint density at radius 1 is 1.71 bits per heavy atom. The van der Waals surface area contributed by atoms with Gasteiger partial charge in [0.15, 0.2) is 0 Å². The van der Waals surface area contributed by atoms with Gasteiger partial charge in [-0.1, -0.05) is 0 Å². The zero-order valence-electron chi connectivity index (χ0n) is 7.33. The molecule has 0 saturated heterocycles. The molecule has 0 saturated carbocycles. The Balaban J connectivity index is 2.30. The van der Waals surface area contributed by atoms with Crippen LogP contribution in [0.1, 0.15) is 5.69 Å². The summed E-state index contributed by atoms with van der Waals surface area (Å²) < 4.78 is 31.6. The molecule has 80 valence electrons. The van der Waals surface area contributed by atoms with E-state index in [1.54, 1.807) is 6.20 Å². The van der Waals surface area contributed by atoms with Crippen molar-refractivity contribution in [3.05, 3.63) is 18.2 Å². The van der Waals surface area contributed by atoms with Crippen LogP contribution in [0.3, 0.4) is 0 Å². The fourth-order valence-electron chi connectivity index (χ4n) is 0.931. The van der Waals surface area contributed by atoms with Crippen molar-refractivity contribution in [3.63, 3.8) is 0 Å². The van der Waals surface area contributed by atoms with Gasteiger partial charge in [-0.2, -0.15) is 0 Å². The van der Waals surface area contributed by atoms with E-state index in [4.69, 9.17) is 13.9 Å². The molecule has 7 nitrogen and oxygen atoms in total. The first-order valence-electron chi connectivity index (χ1n) is 3.90. The zero-order chi connectivity index (χ0) is 10.6. The Labute approximate surface area is 83.6 Å². The molecule has 0 unspecified atom stereocenters. The quantitative estimate of drug-likeness (QED) is 0.463. The molecular weight excluding hydrogens is 253 g/mol. The van der Waals surface area contributed by atoms with Crippen molar-refractivity contribution in [2.45, 2.75) is 12.5 Å². The van der Waals surface area contributed by atoms with Crippen LogP contribution in [-0.4, -0.2) is 45.3 Å². The fraction of sp³-hybridized carbons (Fsp3) is 0.500. The summed E-state index contributed by atoms with van der Waals surface area (Å²) in [6.45, 7) is -0.164. The molecule has 1 aromatic rings. The predicted molar refractivity (Wildman–Crippen MR) is 47.1 cm³/mol. The van der Waals surface area contributed by atoms with Crippen molar-refractivity contribution in [1.82, 2.24) is 9.97 Å². The van der Waals surface area contributed by atoms with E-state index in [0.717, 1.165) is 5.69 Å². The summed E-state index contributed by atoms with van der Waals surface area (Å²) in [5.41, 5.74) is 6.37. The number of nitrogens with zero attached hydrogens (tertiary/aromatic N) is 1. The number of aromatic nitrogens is 2. The molecule has 0 aromatic carbocycles. The molecule has 0 fully saturated rings. The first-order chi connectivity index (χ1) is 6.47. The van der Waals surface area contributed by atoms with Crippen LogP contribution >= 0.6 is 0 Å². The number of aromatic amines is 1. The van der Waals surface area contributed by atoms with Gasteiger partial charge in [-0.05, 0) is 0 Å². The third kappa shape index (κ3) is 4.59. The molecule has 14 heavy (non-hydrogen) atoms. The zero-order valence-corrected chi connectivity index (χ0v) is 9.21. The number of H-pyrrole nitrogens is 1. The maximum atomic E-state index is 10.4. The SMILES string of the molecule is N[C@H](CO[As](=O)(O)O)Cc1cnc[nH]1. The average molecular weight is 265 g/mol. The van der Waals surface area contributed by atoms with E-state index in [1.165, 1.54) is 6.33 Å². The predicted octanol–water partition coefficient (Wildman–Crippen LogP) is -1.85. The van der Waals surface area contributed by atoms with Gasteiger partial charge in [0, 0.05) is 0 Å². The van der Waals surface area contributed by atoms with Gasteiger partial charge in [0.25, 0.3) is 0 Å². The van der Waals surface area contributed by atoms with Gasteiger partial charge in [-0.25, -0.2) is 0 Å². The Morgan fingerprint density at radius 2 is 2.43 bits per heavy atom. The molecule has 1 rings (SSSR count). The van der Waals surface area contributed by atoms with Gasteiger partial charge < -0.3 is 0 Å². The molecule has 0 aliphatic heterocycles. The van der Waals surface area contributed by atoms with E-state index < -0.39 is 20.6 Å². The number of imidazole rings is 1. The van der Waals surface area contributed by atoms with Crippen molar-refractivity contribution in [3.8, 4) is 0 Å². The molecule has 0 aliphatic rings. The molecule has 1 aromatic heterocycles. The summed E-state index contributed by atoms with van der Waals surface area (Å²) in [5.74, 6) is 0. The van der Waals surface area contributed by atoms with Crippen molar-refractivity contribution >= 4 is 14.5 Å². The Kier molecular flexibility index (Phi) is 3.91. The van der Waals surface area contributed by atoms with Crippen molar-refractivity contribution in [2.24, 2.45) is 5.73 Å². The van der Waals surface area contributed by atoms with Crippen LogP contribution in [0.4, 0.5) is 0 Å². The Bertz CT molecular complexity index is 309. The first-order valence-corrected chi connectivity index (χ1v) is 7.11. The normalized spacial score (nSPS) is 14.2. The molecule has 0 radical (unpaired) electrons. The monoisotopic (exact) mass is 265 g/mol. The summed E-state index contributed by atoms with van der Waals surface area (Å²) >= 11 is -4.99. The van der Waals surface area contributed by atoms with Crippen molar-refractivity contribution < 1.29 is 15.7 Å². The summed E-state index contributed by atoms with van der Waals surface area (Å²) in [5, 5.41) is 0. The topological polar surface area (TPSA) is 121 Å².